The van der Waals surface area contributed by atoms with Crippen molar-refractivity contribution < 1.29 is 4.79 Å². The van der Waals surface area contributed by atoms with E-state index < -0.39 is 0 Å². The summed E-state index contributed by atoms with van der Waals surface area (Å²) in [5.74, 6) is 0. The number of nitrogens with zero attached hydrogens (tertiary/aromatic N) is 2. The van der Waals surface area contributed by atoms with Crippen molar-refractivity contribution in [3.63, 3.8) is 0 Å². The van der Waals surface area contributed by atoms with Gasteiger partial charge < -0.3 is 9.69 Å². The van der Waals surface area contributed by atoms with Gasteiger partial charge in [0.05, 0.1) is 0 Å². The van der Waals surface area contributed by atoms with Crippen molar-refractivity contribution in [3.05, 3.63) is 30.1 Å². The highest BCUT2D eigenvalue weighted by Crippen LogP contribution is 2.22. The Kier molecular flexibility index (Phi) is 4.98. The van der Waals surface area contributed by atoms with Gasteiger partial charge >= 0.3 is 0 Å². The monoisotopic (exact) mass is 206 g/mol. The molecule has 15 heavy (non-hydrogen) atoms. The zero-order valence-corrected chi connectivity index (χ0v) is 9.39. The predicted molar refractivity (Wildman–Crippen MR) is 60.6 cm³/mol. The molecule has 1 aromatic rings. The van der Waals surface area contributed by atoms with Crippen molar-refractivity contribution in [3.8, 4) is 0 Å². The van der Waals surface area contributed by atoms with Crippen LogP contribution < -0.4 is 0 Å². The van der Waals surface area contributed by atoms with Crippen molar-refractivity contribution in [2.45, 2.75) is 25.3 Å². The number of hydrogen-bond donors (Lipinski definition) is 0. The topological polar surface area (TPSA) is 33.2 Å². The predicted octanol–water partition coefficient (Wildman–Crippen LogP) is 2.05. The lowest BCUT2D eigenvalue weighted by molar-refractivity contribution is -0.108. The second-order valence-corrected chi connectivity index (χ2v) is 3.86. The van der Waals surface area contributed by atoms with Gasteiger partial charge in [-0.25, -0.2) is 0 Å². The Hall–Kier alpha value is -1.22. The van der Waals surface area contributed by atoms with Crippen LogP contribution in [0.2, 0.25) is 0 Å². The van der Waals surface area contributed by atoms with Crippen molar-refractivity contribution in [1.82, 2.24) is 9.88 Å². The standard InChI is InChI=1S/C12H18N2O/c1-14(2)12(7-3-4-9-15)11-6-5-8-13-10-11/h5-6,8-10,12H,3-4,7H2,1-2H3. The van der Waals surface area contributed by atoms with Crippen LogP contribution in [0.5, 0.6) is 0 Å². The normalized spacial score (nSPS) is 12.7. The van der Waals surface area contributed by atoms with Crippen molar-refractivity contribution in [2.24, 2.45) is 0 Å². The van der Waals surface area contributed by atoms with Gasteiger partial charge in [0.25, 0.3) is 0 Å². The van der Waals surface area contributed by atoms with Gasteiger partial charge in [-0.1, -0.05) is 6.07 Å². The minimum atomic E-state index is 0.360. The fraction of sp³-hybridized carbons (Fsp3) is 0.500. The summed E-state index contributed by atoms with van der Waals surface area (Å²) in [4.78, 5) is 16.6. The Bertz CT molecular complexity index is 285. The highest BCUT2D eigenvalue weighted by Gasteiger charge is 2.13. The Balaban J connectivity index is 2.62. The molecule has 0 aliphatic heterocycles. The molecule has 3 heteroatoms. The van der Waals surface area contributed by atoms with Gasteiger partial charge in [-0.2, -0.15) is 0 Å². The fourth-order valence-electron chi connectivity index (χ4n) is 1.69. The van der Waals surface area contributed by atoms with Crippen molar-refractivity contribution in [2.75, 3.05) is 14.1 Å². The Labute approximate surface area is 91.1 Å². The van der Waals surface area contributed by atoms with Gasteiger partial charge in [-0.15, -0.1) is 0 Å². The van der Waals surface area contributed by atoms with E-state index in [0.717, 1.165) is 19.1 Å². The second kappa shape index (κ2) is 6.30. The molecule has 0 aliphatic rings. The molecule has 0 amide bonds. The number of carbonyl (C=O) groups excluding carboxylic acids is 1. The zero-order chi connectivity index (χ0) is 11.1. The summed E-state index contributed by atoms with van der Waals surface area (Å²) >= 11 is 0. The van der Waals surface area contributed by atoms with Crippen LogP contribution in [0.15, 0.2) is 24.5 Å². The summed E-state index contributed by atoms with van der Waals surface area (Å²) in [5.41, 5.74) is 1.22. The minimum Gasteiger partial charge on any atom is -0.303 e. The number of carbonyl (C=O) groups is 1. The molecule has 82 valence electrons. The molecule has 0 aromatic carbocycles. The Morgan fingerprint density at radius 2 is 2.33 bits per heavy atom. The molecule has 1 unspecified atom stereocenters. The maximum atomic E-state index is 10.3. The number of aldehydes is 1. The molecule has 1 heterocycles. The molecular formula is C12H18N2O. The van der Waals surface area contributed by atoms with E-state index in [1.807, 2.05) is 12.3 Å². The lowest BCUT2D eigenvalue weighted by Gasteiger charge is -2.24. The first-order chi connectivity index (χ1) is 7.25. The van der Waals surface area contributed by atoms with Gasteiger partial charge in [0.15, 0.2) is 0 Å². The largest absolute Gasteiger partial charge is 0.303 e. The third kappa shape index (κ3) is 3.80. The van der Waals surface area contributed by atoms with E-state index in [2.05, 4.69) is 30.0 Å². The molecule has 0 saturated heterocycles. The second-order valence-electron chi connectivity index (χ2n) is 3.86. The van der Waals surface area contributed by atoms with E-state index in [-0.39, 0.29) is 0 Å². The first-order valence-electron chi connectivity index (χ1n) is 5.25. The quantitative estimate of drug-likeness (QED) is 0.527. The molecule has 0 aliphatic carbocycles. The number of pyridine rings is 1. The van der Waals surface area contributed by atoms with Crippen LogP contribution in [0.3, 0.4) is 0 Å². The van der Waals surface area contributed by atoms with E-state index in [4.69, 9.17) is 0 Å². The average Bonchev–Trinajstić information content (AvgIpc) is 2.25. The zero-order valence-electron chi connectivity index (χ0n) is 9.39. The summed E-state index contributed by atoms with van der Waals surface area (Å²) in [7, 11) is 4.11. The van der Waals surface area contributed by atoms with Gasteiger partial charge in [0, 0.05) is 24.9 Å². The molecule has 0 N–H and O–H groups in total. The number of aromatic nitrogens is 1. The number of unbranched alkanes of at least 4 members (excludes halogenated alkanes) is 1. The first kappa shape index (κ1) is 11.9. The summed E-state index contributed by atoms with van der Waals surface area (Å²) < 4.78 is 0. The van der Waals surface area contributed by atoms with E-state index >= 15 is 0 Å². The average molecular weight is 206 g/mol. The smallest absolute Gasteiger partial charge is 0.119 e. The van der Waals surface area contributed by atoms with E-state index in [0.29, 0.717) is 12.5 Å². The van der Waals surface area contributed by atoms with Gasteiger partial charge in [-0.3, -0.25) is 4.98 Å². The van der Waals surface area contributed by atoms with Gasteiger partial charge in [0.1, 0.15) is 6.29 Å². The van der Waals surface area contributed by atoms with Crippen LogP contribution in [0.25, 0.3) is 0 Å². The Morgan fingerprint density at radius 3 is 2.87 bits per heavy atom. The molecule has 3 nitrogen and oxygen atoms in total. The van der Waals surface area contributed by atoms with Crippen LogP contribution in [0.4, 0.5) is 0 Å². The molecule has 0 bridgehead atoms. The van der Waals surface area contributed by atoms with Crippen molar-refractivity contribution in [1.29, 1.82) is 0 Å². The summed E-state index contributed by atoms with van der Waals surface area (Å²) in [5, 5.41) is 0. The van der Waals surface area contributed by atoms with Crippen molar-refractivity contribution >= 4 is 6.29 Å². The minimum absolute atomic E-state index is 0.360. The highest BCUT2D eigenvalue weighted by molar-refractivity contribution is 5.49. The molecule has 1 atom stereocenters. The van der Waals surface area contributed by atoms with Gasteiger partial charge in [0.2, 0.25) is 0 Å². The Morgan fingerprint density at radius 1 is 1.53 bits per heavy atom. The summed E-state index contributed by atoms with van der Waals surface area (Å²) in [6.07, 6.45) is 7.23. The number of hydrogen-bond acceptors (Lipinski definition) is 3. The molecule has 0 saturated carbocycles. The molecule has 1 aromatic heterocycles. The third-order valence-electron chi connectivity index (χ3n) is 2.49. The van der Waals surface area contributed by atoms with Crippen LogP contribution >= 0.6 is 0 Å². The molecule has 0 spiro atoms. The third-order valence-corrected chi connectivity index (χ3v) is 2.49. The lowest BCUT2D eigenvalue weighted by Crippen LogP contribution is -2.20. The number of rotatable bonds is 6. The van der Waals surface area contributed by atoms with Gasteiger partial charge in [-0.05, 0) is 38.6 Å². The molecule has 0 fully saturated rings. The summed E-state index contributed by atoms with van der Waals surface area (Å²) in [6, 6.07) is 4.39. The van der Waals surface area contributed by atoms with Crippen LogP contribution in [0, 0.1) is 0 Å². The maximum absolute atomic E-state index is 10.3. The highest BCUT2D eigenvalue weighted by atomic mass is 16.1. The molecular weight excluding hydrogens is 188 g/mol. The maximum Gasteiger partial charge on any atom is 0.119 e. The fourth-order valence-corrected chi connectivity index (χ4v) is 1.69. The first-order valence-corrected chi connectivity index (χ1v) is 5.25. The van der Waals surface area contributed by atoms with Crippen LogP contribution in [-0.4, -0.2) is 30.3 Å². The van der Waals surface area contributed by atoms with E-state index in [1.54, 1.807) is 6.20 Å². The van der Waals surface area contributed by atoms with E-state index in [1.165, 1.54) is 5.56 Å². The van der Waals surface area contributed by atoms with Crippen LogP contribution in [-0.2, 0) is 4.79 Å². The molecule has 1 rings (SSSR count). The van der Waals surface area contributed by atoms with E-state index in [9.17, 15) is 4.79 Å². The van der Waals surface area contributed by atoms with Crippen LogP contribution in [0.1, 0.15) is 30.9 Å². The SMILES string of the molecule is CN(C)C(CCCC=O)c1cccnc1. The lowest BCUT2D eigenvalue weighted by atomic mass is 10.0. The molecule has 0 radical (unpaired) electrons. The summed E-state index contributed by atoms with van der Waals surface area (Å²) in [6.45, 7) is 0.